The van der Waals surface area contributed by atoms with E-state index in [0.29, 0.717) is 11.3 Å². The van der Waals surface area contributed by atoms with E-state index in [9.17, 15) is 13.2 Å². The number of halogens is 3. The molecule has 2 N–H and O–H groups in total. The van der Waals surface area contributed by atoms with Gasteiger partial charge in [0.1, 0.15) is 5.75 Å². The molecule has 90 valence electrons. The summed E-state index contributed by atoms with van der Waals surface area (Å²) < 4.78 is 40.9. The zero-order valence-electron chi connectivity index (χ0n) is 8.92. The number of ether oxygens (including phenoxy) is 1. The van der Waals surface area contributed by atoms with Crippen LogP contribution in [0, 0.1) is 0 Å². The second kappa shape index (κ2) is 5.21. The molecule has 1 atom stereocenters. The Labute approximate surface area is 92.2 Å². The van der Waals surface area contributed by atoms with Gasteiger partial charge in [-0.2, -0.15) is 13.2 Å². The number of hydrogen-bond acceptors (Lipinski definition) is 2. The molecule has 1 aromatic rings. The summed E-state index contributed by atoms with van der Waals surface area (Å²) in [5.74, 6) is 0.659. The van der Waals surface area contributed by atoms with Crippen LogP contribution in [0.3, 0.4) is 0 Å². The molecule has 0 aromatic heterocycles. The van der Waals surface area contributed by atoms with Crippen LogP contribution >= 0.6 is 0 Å². The van der Waals surface area contributed by atoms with Gasteiger partial charge in [0.2, 0.25) is 0 Å². The first-order chi connectivity index (χ1) is 7.42. The number of rotatable bonds is 4. The quantitative estimate of drug-likeness (QED) is 0.867. The van der Waals surface area contributed by atoms with Crippen molar-refractivity contribution in [2.75, 3.05) is 7.11 Å². The minimum Gasteiger partial charge on any atom is -0.497 e. The second-order valence-corrected chi connectivity index (χ2v) is 3.53. The maximum atomic E-state index is 12.0. The van der Waals surface area contributed by atoms with Crippen molar-refractivity contribution in [1.82, 2.24) is 0 Å². The second-order valence-electron chi connectivity index (χ2n) is 3.53. The van der Waals surface area contributed by atoms with Gasteiger partial charge in [-0.3, -0.25) is 0 Å². The van der Waals surface area contributed by atoms with Crippen molar-refractivity contribution in [3.05, 3.63) is 29.8 Å². The maximum Gasteiger partial charge on any atom is 0.389 e. The van der Waals surface area contributed by atoms with Gasteiger partial charge in [0, 0.05) is 12.5 Å². The van der Waals surface area contributed by atoms with Gasteiger partial charge in [0.05, 0.1) is 7.11 Å². The minimum absolute atomic E-state index is 0.101. The zero-order chi connectivity index (χ0) is 12.2. The Morgan fingerprint density at radius 2 is 1.81 bits per heavy atom. The van der Waals surface area contributed by atoms with Crippen LogP contribution in [0.25, 0.3) is 0 Å². The van der Waals surface area contributed by atoms with E-state index in [2.05, 4.69) is 0 Å². The van der Waals surface area contributed by atoms with Gasteiger partial charge in [-0.05, 0) is 24.1 Å². The third kappa shape index (κ3) is 4.10. The highest BCUT2D eigenvalue weighted by Crippen LogP contribution is 2.26. The lowest BCUT2D eigenvalue weighted by Gasteiger charge is -2.13. The van der Waals surface area contributed by atoms with E-state index in [1.807, 2.05) is 0 Å². The monoisotopic (exact) mass is 233 g/mol. The van der Waals surface area contributed by atoms with E-state index in [0.717, 1.165) is 0 Å². The maximum absolute atomic E-state index is 12.0. The fourth-order valence-corrected chi connectivity index (χ4v) is 1.34. The summed E-state index contributed by atoms with van der Waals surface area (Å²) in [6, 6.07) is 6.14. The standard InChI is InChI=1S/C11H14F3NO/c1-16-9-4-2-8(3-5-9)10(15)6-7-11(12,13)14/h2-5,10H,6-7,15H2,1H3. The van der Waals surface area contributed by atoms with Gasteiger partial charge in [0.15, 0.2) is 0 Å². The van der Waals surface area contributed by atoms with E-state index in [1.165, 1.54) is 7.11 Å². The molecule has 0 radical (unpaired) electrons. The van der Waals surface area contributed by atoms with E-state index in [-0.39, 0.29) is 6.42 Å². The Morgan fingerprint density at radius 3 is 2.25 bits per heavy atom. The van der Waals surface area contributed by atoms with E-state index in [1.54, 1.807) is 24.3 Å². The molecule has 1 aromatic carbocycles. The van der Waals surface area contributed by atoms with E-state index < -0.39 is 18.6 Å². The smallest absolute Gasteiger partial charge is 0.389 e. The van der Waals surface area contributed by atoms with Gasteiger partial charge in [0.25, 0.3) is 0 Å². The molecule has 0 bridgehead atoms. The van der Waals surface area contributed by atoms with Crippen LogP contribution in [0.1, 0.15) is 24.4 Å². The number of methoxy groups -OCH3 is 1. The van der Waals surface area contributed by atoms with Crippen LogP contribution in [0.4, 0.5) is 13.2 Å². The van der Waals surface area contributed by atoms with Gasteiger partial charge in [-0.1, -0.05) is 12.1 Å². The SMILES string of the molecule is COc1ccc(C(N)CCC(F)(F)F)cc1. The summed E-state index contributed by atoms with van der Waals surface area (Å²) in [5, 5.41) is 0. The Balaban J connectivity index is 2.56. The number of nitrogens with two attached hydrogens (primary N) is 1. The molecule has 1 unspecified atom stereocenters. The molecule has 0 spiro atoms. The molecule has 0 fully saturated rings. The highest BCUT2D eigenvalue weighted by atomic mass is 19.4. The third-order valence-electron chi connectivity index (χ3n) is 2.28. The van der Waals surface area contributed by atoms with Crippen molar-refractivity contribution < 1.29 is 17.9 Å². The largest absolute Gasteiger partial charge is 0.497 e. The first-order valence-corrected chi connectivity index (χ1v) is 4.88. The lowest BCUT2D eigenvalue weighted by Crippen LogP contribution is -2.15. The summed E-state index contributed by atoms with van der Waals surface area (Å²) in [6.07, 6.45) is -5.11. The first-order valence-electron chi connectivity index (χ1n) is 4.88. The van der Waals surface area contributed by atoms with Gasteiger partial charge >= 0.3 is 6.18 Å². The lowest BCUT2D eigenvalue weighted by molar-refractivity contribution is -0.136. The molecule has 0 aliphatic heterocycles. The van der Waals surface area contributed by atoms with Crippen LogP contribution in [0.5, 0.6) is 5.75 Å². The molecular weight excluding hydrogens is 219 g/mol. The first kappa shape index (κ1) is 12.8. The van der Waals surface area contributed by atoms with Crippen LogP contribution in [0.15, 0.2) is 24.3 Å². The third-order valence-corrected chi connectivity index (χ3v) is 2.28. The predicted octanol–water partition coefficient (Wildman–Crippen LogP) is 3.04. The zero-order valence-corrected chi connectivity index (χ0v) is 8.92. The highest BCUT2D eigenvalue weighted by Gasteiger charge is 2.27. The van der Waals surface area contributed by atoms with Crippen LogP contribution < -0.4 is 10.5 Å². The van der Waals surface area contributed by atoms with Crippen LogP contribution in [0.2, 0.25) is 0 Å². The molecule has 16 heavy (non-hydrogen) atoms. The summed E-state index contributed by atoms with van der Waals surface area (Å²) >= 11 is 0. The average molecular weight is 233 g/mol. The summed E-state index contributed by atoms with van der Waals surface area (Å²) in [5.41, 5.74) is 6.34. The number of hydrogen-bond donors (Lipinski definition) is 1. The van der Waals surface area contributed by atoms with E-state index >= 15 is 0 Å². The Bertz CT molecular complexity index is 321. The molecule has 5 heteroatoms. The lowest BCUT2D eigenvalue weighted by atomic mass is 10.0. The minimum atomic E-state index is -4.15. The number of benzene rings is 1. The molecule has 0 aliphatic rings. The summed E-state index contributed by atoms with van der Waals surface area (Å²) in [7, 11) is 1.53. The van der Waals surface area contributed by atoms with Gasteiger partial charge in [-0.25, -0.2) is 0 Å². The fourth-order valence-electron chi connectivity index (χ4n) is 1.34. The molecule has 0 amide bonds. The van der Waals surface area contributed by atoms with E-state index in [4.69, 9.17) is 10.5 Å². The molecule has 2 nitrogen and oxygen atoms in total. The molecule has 1 rings (SSSR count). The molecular formula is C11H14F3NO. The van der Waals surface area contributed by atoms with Crippen molar-refractivity contribution in [1.29, 1.82) is 0 Å². The Morgan fingerprint density at radius 1 is 1.25 bits per heavy atom. The topological polar surface area (TPSA) is 35.2 Å². The summed E-state index contributed by atoms with van der Waals surface area (Å²) in [4.78, 5) is 0. The fraction of sp³-hybridized carbons (Fsp3) is 0.455. The molecule has 0 saturated heterocycles. The molecule has 0 heterocycles. The normalized spacial score (nSPS) is 13.6. The number of alkyl halides is 3. The predicted molar refractivity (Wildman–Crippen MR) is 55.2 cm³/mol. The van der Waals surface area contributed by atoms with Crippen molar-refractivity contribution in [2.24, 2.45) is 5.73 Å². The van der Waals surface area contributed by atoms with Crippen molar-refractivity contribution in [2.45, 2.75) is 25.1 Å². The summed E-state index contributed by atoms with van der Waals surface area (Å²) in [6.45, 7) is 0. The molecule has 0 saturated carbocycles. The Kier molecular flexibility index (Phi) is 4.18. The highest BCUT2D eigenvalue weighted by molar-refractivity contribution is 5.28. The van der Waals surface area contributed by atoms with Crippen molar-refractivity contribution in [3.63, 3.8) is 0 Å². The van der Waals surface area contributed by atoms with Crippen molar-refractivity contribution >= 4 is 0 Å². The van der Waals surface area contributed by atoms with Crippen LogP contribution in [-0.2, 0) is 0 Å². The Hall–Kier alpha value is -1.23. The molecule has 0 aliphatic carbocycles. The van der Waals surface area contributed by atoms with Gasteiger partial charge in [-0.15, -0.1) is 0 Å². The van der Waals surface area contributed by atoms with Crippen molar-refractivity contribution in [3.8, 4) is 5.75 Å². The average Bonchev–Trinajstić information content (AvgIpc) is 2.25. The van der Waals surface area contributed by atoms with Gasteiger partial charge < -0.3 is 10.5 Å². The van der Waals surface area contributed by atoms with Crippen LogP contribution in [-0.4, -0.2) is 13.3 Å².